The standard InChI is InChI=1S/C23H25O2P/c1-2-23(25)22(17-24)18-13-15-21(16-14-18)26(19-9-5-3-6-10-19)20-11-7-4-8-12-20/h3-16,22-25H,2,17H2,1H3. The van der Waals surface area contributed by atoms with Crippen LogP contribution in [0.2, 0.25) is 0 Å². The van der Waals surface area contributed by atoms with Gasteiger partial charge >= 0.3 is 0 Å². The predicted molar refractivity (Wildman–Crippen MR) is 111 cm³/mol. The van der Waals surface area contributed by atoms with Crippen LogP contribution in [0.3, 0.4) is 0 Å². The molecule has 2 N–H and O–H groups in total. The van der Waals surface area contributed by atoms with Gasteiger partial charge in [0.2, 0.25) is 0 Å². The van der Waals surface area contributed by atoms with Gasteiger partial charge in [-0.15, -0.1) is 0 Å². The average molecular weight is 364 g/mol. The monoisotopic (exact) mass is 364 g/mol. The van der Waals surface area contributed by atoms with E-state index in [1.165, 1.54) is 15.9 Å². The summed E-state index contributed by atoms with van der Waals surface area (Å²) in [5.74, 6) is -0.228. The Bertz CT molecular complexity index is 748. The summed E-state index contributed by atoms with van der Waals surface area (Å²) in [7, 11) is -0.626. The highest BCUT2D eigenvalue weighted by molar-refractivity contribution is 7.79. The van der Waals surface area contributed by atoms with Crippen molar-refractivity contribution in [3.8, 4) is 0 Å². The molecule has 0 aromatic heterocycles. The van der Waals surface area contributed by atoms with Crippen LogP contribution in [0.25, 0.3) is 0 Å². The SMILES string of the molecule is CCC(O)C(CO)c1ccc(P(c2ccccc2)c2ccccc2)cc1. The highest BCUT2D eigenvalue weighted by atomic mass is 31.1. The van der Waals surface area contributed by atoms with Gasteiger partial charge in [0.1, 0.15) is 0 Å². The fourth-order valence-corrected chi connectivity index (χ4v) is 5.49. The first kappa shape index (κ1) is 18.8. The molecule has 0 saturated heterocycles. The summed E-state index contributed by atoms with van der Waals surface area (Å²) in [4.78, 5) is 0. The Labute approximate surface area is 156 Å². The number of aliphatic hydroxyl groups excluding tert-OH is 2. The van der Waals surface area contributed by atoms with Crippen molar-refractivity contribution >= 4 is 23.8 Å². The molecule has 2 atom stereocenters. The topological polar surface area (TPSA) is 40.5 Å². The van der Waals surface area contributed by atoms with Gasteiger partial charge in [-0.1, -0.05) is 91.9 Å². The molecule has 26 heavy (non-hydrogen) atoms. The van der Waals surface area contributed by atoms with Gasteiger partial charge in [-0.05, 0) is 35.8 Å². The summed E-state index contributed by atoms with van der Waals surface area (Å²) in [6.45, 7) is 1.90. The number of aliphatic hydroxyl groups is 2. The van der Waals surface area contributed by atoms with Crippen LogP contribution >= 0.6 is 7.92 Å². The number of benzene rings is 3. The second-order valence-electron chi connectivity index (χ2n) is 6.36. The molecule has 0 aliphatic heterocycles. The molecule has 0 spiro atoms. The maximum absolute atomic E-state index is 10.1. The Morgan fingerprint density at radius 3 is 1.62 bits per heavy atom. The Hall–Kier alpha value is -1.99. The lowest BCUT2D eigenvalue weighted by atomic mass is 9.93. The van der Waals surface area contributed by atoms with Crippen molar-refractivity contribution in [3.63, 3.8) is 0 Å². The average Bonchev–Trinajstić information content (AvgIpc) is 2.71. The zero-order valence-corrected chi connectivity index (χ0v) is 15.9. The van der Waals surface area contributed by atoms with Gasteiger partial charge < -0.3 is 10.2 Å². The molecule has 0 aliphatic rings. The Kier molecular flexibility index (Phi) is 6.57. The van der Waals surface area contributed by atoms with Gasteiger partial charge in [0.05, 0.1) is 12.7 Å². The molecule has 0 saturated carbocycles. The summed E-state index contributed by atoms with van der Waals surface area (Å²) in [5, 5.41) is 23.7. The minimum atomic E-state index is -0.626. The van der Waals surface area contributed by atoms with E-state index >= 15 is 0 Å². The smallest absolute Gasteiger partial charge is 0.0628 e. The molecule has 3 aromatic carbocycles. The lowest BCUT2D eigenvalue weighted by molar-refractivity contribution is 0.103. The van der Waals surface area contributed by atoms with E-state index in [0.717, 1.165) is 5.56 Å². The Morgan fingerprint density at radius 1 is 0.731 bits per heavy atom. The first-order valence-electron chi connectivity index (χ1n) is 9.03. The molecular weight excluding hydrogens is 339 g/mol. The third-order valence-corrected chi connectivity index (χ3v) is 7.13. The van der Waals surface area contributed by atoms with Gasteiger partial charge in [0, 0.05) is 5.92 Å². The van der Waals surface area contributed by atoms with Crippen LogP contribution in [0.1, 0.15) is 24.8 Å². The van der Waals surface area contributed by atoms with E-state index in [9.17, 15) is 10.2 Å². The van der Waals surface area contributed by atoms with E-state index in [-0.39, 0.29) is 12.5 Å². The normalized spacial score (nSPS) is 13.5. The summed E-state index contributed by atoms with van der Waals surface area (Å²) in [5.41, 5.74) is 0.988. The van der Waals surface area contributed by atoms with Crippen LogP contribution in [0.5, 0.6) is 0 Å². The number of rotatable bonds is 7. The van der Waals surface area contributed by atoms with Gasteiger partial charge in [0.25, 0.3) is 0 Å². The van der Waals surface area contributed by atoms with Crippen LogP contribution in [0, 0.1) is 0 Å². The molecule has 2 unspecified atom stereocenters. The third kappa shape index (κ3) is 4.22. The maximum atomic E-state index is 10.1. The zero-order valence-electron chi connectivity index (χ0n) is 15.0. The van der Waals surface area contributed by atoms with Gasteiger partial charge in [-0.25, -0.2) is 0 Å². The summed E-state index contributed by atoms with van der Waals surface area (Å²) < 4.78 is 0. The minimum absolute atomic E-state index is 0.0412. The van der Waals surface area contributed by atoms with Crippen molar-refractivity contribution in [2.75, 3.05) is 6.61 Å². The van der Waals surface area contributed by atoms with E-state index in [1.54, 1.807) is 0 Å². The molecule has 3 aromatic rings. The minimum Gasteiger partial charge on any atom is -0.396 e. The van der Waals surface area contributed by atoms with E-state index in [2.05, 4.69) is 72.8 Å². The van der Waals surface area contributed by atoms with E-state index < -0.39 is 14.0 Å². The first-order valence-corrected chi connectivity index (χ1v) is 10.4. The van der Waals surface area contributed by atoms with Crippen molar-refractivity contribution in [1.29, 1.82) is 0 Å². The summed E-state index contributed by atoms with van der Waals surface area (Å²) >= 11 is 0. The second kappa shape index (κ2) is 9.09. The molecule has 0 amide bonds. The Balaban J connectivity index is 1.98. The van der Waals surface area contributed by atoms with Crippen molar-refractivity contribution in [3.05, 3.63) is 90.5 Å². The lowest BCUT2D eigenvalue weighted by Gasteiger charge is -2.22. The van der Waals surface area contributed by atoms with E-state index in [1.807, 2.05) is 19.1 Å². The third-order valence-electron chi connectivity index (χ3n) is 4.69. The van der Waals surface area contributed by atoms with Crippen LogP contribution in [-0.4, -0.2) is 22.9 Å². The van der Waals surface area contributed by atoms with Crippen molar-refractivity contribution < 1.29 is 10.2 Å². The van der Waals surface area contributed by atoms with E-state index in [4.69, 9.17) is 0 Å². The van der Waals surface area contributed by atoms with Crippen LogP contribution in [0.15, 0.2) is 84.9 Å². The summed E-state index contributed by atoms with van der Waals surface area (Å²) in [6, 6.07) is 29.6. The number of hydrogen-bond acceptors (Lipinski definition) is 2. The molecule has 3 heteroatoms. The molecule has 0 radical (unpaired) electrons. The van der Waals surface area contributed by atoms with Crippen LogP contribution in [0.4, 0.5) is 0 Å². The first-order chi connectivity index (χ1) is 12.7. The van der Waals surface area contributed by atoms with Crippen molar-refractivity contribution in [1.82, 2.24) is 0 Å². The molecule has 0 bridgehead atoms. The molecule has 2 nitrogen and oxygen atoms in total. The molecular formula is C23H25O2P. The van der Waals surface area contributed by atoms with Gasteiger partial charge in [0.15, 0.2) is 0 Å². The van der Waals surface area contributed by atoms with Crippen LogP contribution < -0.4 is 15.9 Å². The number of hydrogen-bond donors (Lipinski definition) is 2. The molecule has 0 heterocycles. The maximum Gasteiger partial charge on any atom is 0.0628 e. The Morgan fingerprint density at radius 2 is 1.19 bits per heavy atom. The molecule has 0 fully saturated rings. The highest BCUT2D eigenvalue weighted by Gasteiger charge is 2.20. The molecule has 134 valence electrons. The van der Waals surface area contributed by atoms with Crippen molar-refractivity contribution in [2.24, 2.45) is 0 Å². The fourth-order valence-electron chi connectivity index (χ4n) is 3.21. The summed E-state index contributed by atoms with van der Waals surface area (Å²) in [6.07, 6.45) is 0.115. The largest absolute Gasteiger partial charge is 0.396 e. The van der Waals surface area contributed by atoms with E-state index in [0.29, 0.717) is 6.42 Å². The predicted octanol–water partition coefficient (Wildman–Crippen LogP) is 3.29. The van der Waals surface area contributed by atoms with Crippen LogP contribution in [-0.2, 0) is 0 Å². The molecule has 3 rings (SSSR count). The van der Waals surface area contributed by atoms with Gasteiger partial charge in [-0.3, -0.25) is 0 Å². The second-order valence-corrected chi connectivity index (χ2v) is 8.58. The highest BCUT2D eigenvalue weighted by Crippen LogP contribution is 2.33. The lowest BCUT2D eigenvalue weighted by Crippen LogP contribution is -2.23. The van der Waals surface area contributed by atoms with Crippen molar-refractivity contribution in [2.45, 2.75) is 25.4 Å². The zero-order chi connectivity index (χ0) is 18.4. The fraction of sp³-hybridized carbons (Fsp3) is 0.217. The van der Waals surface area contributed by atoms with Gasteiger partial charge in [-0.2, -0.15) is 0 Å². The molecule has 0 aliphatic carbocycles. The quantitative estimate of drug-likeness (QED) is 0.632.